The van der Waals surface area contributed by atoms with Crippen LogP contribution in [0.2, 0.25) is 0 Å². The minimum atomic E-state index is 1.12. The molecule has 2 nitrogen and oxygen atoms in total. The van der Waals surface area contributed by atoms with E-state index >= 15 is 0 Å². The van der Waals surface area contributed by atoms with E-state index in [2.05, 4.69) is 91.9 Å². The third-order valence-corrected chi connectivity index (χ3v) is 5.61. The average Bonchev–Trinajstić information content (AvgIpc) is 3.21. The summed E-state index contributed by atoms with van der Waals surface area (Å²) in [7, 11) is 0. The highest BCUT2D eigenvalue weighted by atomic mass is 15.1. The Balaban J connectivity index is 2.03. The van der Waals surface area contributed by atoms with E-state index < -0.39 is 0 Å². The van der Waals surface area contributed by atoms with Crippen molar-refractivity contribution in [2.24, 2.45) is 0 Å². The van der Waals surface area contributed by atoms with Gasteiger partial charge in [0.05, 0.1) is 0 Å². The van der Waals surface area contributed by atoms with E-state index in [-0.39, 0.29) is 0 Å². The molecule has 0 aliphatic carbocycles. The van der Waals surface area contributed by atoms with Gasteiger partial charge in [0.1, 0.15) is 23.8 Å². The van der Waals surface area contributed by atoms with E-state index in [1.807, 2.05) is 0 Å². The van der Waals surface area contributed by atoms with Gasteiger partial charge in [0, 0.05) is 0 Å². The first-order chi connectivity index (χ1) is 14.2. The molecule has 3 rings (SSSR count). The largest absolute Gasteiger partial charge is 0.254 e. The van der Waals surface area contributed by atoms with Gasteiger partial charge in [-0.15, -0.1) is 0 Å². The minimum absolute atomic E-state index is 1.12. The van der Waals surface area contributed by atoms with E-state index in [0.717, 1.165) is 25.7 Å². The lowest BCUT2D eigenvalue weighted by Gasteiger charge is -2.09. The van der Waals surface area contributed by atoms with Gasteiger partial charge in [-0.25, -0.2) is 9.13 Å². The summed E-state index contributed by atoms with van der Waals surface area (Å²) in [6.07, 6.45) is 15.9. The van der Waals surface area contributed by atoms with Gasteiger partial charge in [-0.2, -0.15) is 0 Å². The van der Waals surface area contributed by atoms with E-state index in [1.54, 1.807) is 0 Å². The second-order valence-electron chi connectivity index (χ2n) is 8.15. The lowest BCUT2D eigenvalue weighted by atomic mass is 10.0. The van der Waals surface area contributed by atoms with Crippen LogP contribution in [0.25, 0.3) is 11.4 Å². The number of rotatable bonds is 10. The van der Waals surface area contributed by atoms with Crippen LogP contribution in [0.15, 0.2) is 55.1 Å². The highest BCUT2D eigenvalue weighted by Crippen LogP contribution is 2.21. The highest BCUT2D eigenvalue weighted by Gasteiger charge is 2.16. The van der Waals surface area contributed by atoms with Gasteiger partial charge in [-0.05, 0) is 60.1 Å². The molecule has 1 heterocycles. The summed E-state index contributed by atoms with van der Waals surface area (Å²) >= 11 is 0. The maximum atomic E-state index is 2.39. The van der Waals surface area contributed by atoms with Crippen molar-refractivity contribution in [3.8, 4) is 11.4 Å². The van der Waals surface area contributed by atoms with Gasteiger partial charge in [0.25, 0.3) is 6.33 Å². The van der Waals surface area contributed by atoms with Gasteiger partial charge >= 0.3 is 0 Å². The number of aromatic nitrogens is 2. The number of imidazole rings is 1. The molecule has 0 radical (unpaired) electrons. The van der Waals surface area contributed by atoms with Crippen LogP contribution in [0, 0.1) is 0 Å². The van der Waals surface area contributed by atoms with Crippen molar-refractivity contribution >= 4 is 0 Å². The van der Waals surface area contributed by atoms with Crippen molar-refractivity contribution in [3.05, 3.63) is 77.4 Å². The molecule has 0 N–H and O–H groups in total. The number of benzene rings is 2. The lowest BCUT2D eigenvalue weighted by Crippen LogP contribution is -2.29. The fourth-order valence-electron chi connectivity index (χ4n) is 4.19. The Bertz CT molecular complexity index is 846. The molecule has 0 saturated carbocycles. The first kappa shape index (κ1) is 21.4. The molecule has 0 amide bonds. The first-order valence-corrected chi connectivity index (χ1v) is 11.5. The fourth-order valence-corrected chi connectivity index (χ4v) is 4.19. The maximum Gasteiger partial charge on any atom is 0.254 e. The van der Waals surface area contributed by atoms with Crippen molar-refractivity contribution in [3.63, 3.8) is 0 Å². The third-order valence-electron chi connectivity index (χ3n) is 5.61. The fraction of sp³-hybridized carbons (Fsp3) is 0.444. The van der Waals surface area contributed by atoms with Gasteiger partial charge in [0.2, 0.25) is 0 Å². The molecule has 154 valence electrons. The predicted octanol–water partition coefficient (Wildman–Crippen LogP) is 6.56. The van der Waals surface area contributed by atoms with Crippen LogP contribution in [-0.2, 0) is 25.7 Å². The molecule has 0 aliphatic heterocycles. The Hall–Kier alpha value is -2.35. The summed E-state index contributed by atoms with van der Waals surface area (Å²) in [4.78, 5) is 0. The van der Waals surface area contributed by atoms with Crippen LogP contribution in [0.5, 0.6) is 0 Å². The third kappa shape index (κ3) is 5.18. The van der Waals surface area contributed by atoms with Gasteiger partial charge < -0.3 is 0 Å². The summed E-state index contributed by atoms with van der Waals surface area (Å²) in [6, 6.07) is 14.1. The zero-order valence-electron chi connectivity index (χ0n) is 18.7. The number of aryl methyl sites for hydroxylation is 4. The van der Waals surface area contributed by atoms with Crippen LogP contribution in [-0.4, -0.2) is 4.57 Å². The minimum Gasteiger partial charge on any atom is -0.202 e. The second-order valence-corrected chi connectivity index (χ2v) is 8.15. The van der Waals surface area contributed by atoms with Crippen LogP contribution in [0.1, 0.15) is 75.6 Å². The summed E-state index contributed by atoms with van der Waals surface area (Å²) in [5.74, 6) is 0. The van der Waals surface area contributed by atoms with Crippen LogP contribution in [0.4, 0.5) is 0 Å². The standard InChI is InChI=1S/C27H37N2/c1-5-9-22-13-15-24(11-7-3)26(19-22)28-17-18-29(21-28)27-20-23(10-6-2)14-16-25(27)12-8-4/h13-21H,5-12H2,1-4H3/q+1. The van der Waals surface area contributed by atoms with Gasteiger partial charge in [-0.1, -0.05) is 77.6 Å². The molecule has 3 aromatic rings. The molecular formula is C27H37N2+. The lowest BCUT2D eigenvalue weighted by molar-refractivity contribution is -0.595. The smallest absolute Gasteiger partial charge is 0.202 e. The van der Waals surface area contributed by atoms with Crippen molar-refractivity contribution in [2.75, 3.05) is 0 Å². The molecule has 0 fully saturated rings. The summed E-state index contributed by atoms with van der Waals surface area (Å²) in [5.41, 5.74) is 8.39. The van der Waals surface area contributed by atoms with Crippen molar-refractivity contribution in [1.82, 2.24) is 4.57 Å². The monoisotopic (exact) mass is 389 g/mol. The molecule has 0 saturated heterocycles. The van der Waals surface area contributed by atoms with Gasteiger partial charge in [-0.3, -0.25) is 0 Å². The normalized spacial score (nSPS) is 11.2. The topological polar surface area (TPSA) is 8.81 Å². The molecule has 0 bridgehead atoms. The van der Waals surface area contributed by atoms with Crippen molar-refractivity contribution < 1.29 is 4.57 Å². The Morgan fingerprint density at radius 2 is 1.28 bits per heavy atom. The zero-order chi connectivity index (χ0) is 20.6. The zero-order valence-corrected chi connectivity index (χ0v) is 18.7. The SMILES string of the molecule is CCCc1ccc(CCC)c(-n2cc[n+](-c3cc(CCC)ccc3CCC)c2)c1. The Morgan fingerprint density at radius 1 is 0.690 bits per heavy atom. The highest BCUT2D eigenvalue weighted by molar-refractivity contribution is 5.44. The van der Waals surface area contributed by atoms with E-state index in [9.17, 15) is 0 Å². The molecule has 2 heteroatoms. The van der Waals surface area contributed by atoms with E-state index in [4.69, 9.17) is 0 Å². The molecule has 0 spiro atoms. The van der Waals surface area contributed by atoms with Crippen LogP contribution < -0.4 is 4.57 Å². The van der Waals surface area contributed by atoms with Gasteiger partial charge in [0.15, 0.2) is 0 Å². The van der Waals surface area contributed by atoms with Crippen LogP contribution >= 0.6 is 0 Å². The van der Waals surface area contributed by atoms with Crippen molar-refractivity contribution in [2.45, 2.75) is 79.1 Å². The maximum absolute atomic E-state index is 2.39. The molecular weight excluding hydrogens is 352 g/mol. The molecule has 2 aromatic carbocycles. The number of hydrogen-bond donors (Lipinski definition) is 0. The average molecular weight is 390 g/mol. The first-order valence-electron chi connectivity index (χ1n) is 11.5. The Labute approximate surface area is 177 Å². The van der Waals surface area contributed by atoms with Crippen LogP contribution in [0.3, 0.4) is 0 Å². The van der Waals surface area contributed by atoms with E-state index in [1.165, 1.54) is 59.3 Å². The Morgan fingerprint density at radius 3 is 1.93 bits per heavy atom. The number of nitrogens with zero attached hydrogens (tertiary/aromatic N) is 2. The molecule has 0 unspecified atom stereocenters. The Kier molecular flexibility index (Phi) is 7.69. The van der Waals surface area contributed by atoms with Crippen molar-refractivity contribution in [1.29, 1.82) is 0 Å². The molecule has 0 atom stereocenters. The quantitative estimate of drug-likeness (QED) is 0.347. The molecule has 0 aliphatic rings. The summed E-state index contributed by atoms with van der Waals surface area (Å²) < 4.78 is 4.62. The number of hydrogen-bond acceptors (Lipinski definition) is 0. The predicted molar refractivity (Wildman–Crippen MR) is 123 cm³/mol. The summed E-state index contributed by atoms with van der Waals surface area (Å²) in [6.45, 7) is 9.02. The molecule has 1 aromatic heterocycles. The van der Waals surface area contributed by atoms with E-state index in [0.29, 0.717) is 0 Å². The molecule has 29 heavy (non-hydrogen) atoms. The second kappa shape index (κ2) is 10.4. The summed E-state index contributed by atoms with van der Waals surface area (Å²) in [5, 5.41) is 0.